The Labute approximate surface area is 188 Å². The number of ketones is 1. The molecule has 174 valence electrons. The molecule has 2 aromatic carbocycles. The first-order valence-corrected chi connectivity index (χ1v) is 10.3. The molecule has 0 fully saturated rings. The lowest BCUT2D eigenvalue weighted by Crippen LogP contribution is -2.26. The zero-order chi connectivity index (χ0) is 24.4. The number of hydrogen-bond donors (Lipinski definition) is 1. The molecule has 10 heteroatoms. The highest BCUT2D eigenvalue weighted by atomic mass is 19.4. The van der Waals surface area contributed by atoms with E-state index in [9.17, 15) is 31.5 Å². The summed E-state index contributed by atoms with van der Waals surface area (Å²) in [5.41, 5.74) is 3.01. The van der Waals surface area contributed by atoms with Crippen LogP contribution in [0.5, 0.6) is 0 Å². The van der Waals surface area contributed by atoms with Gasteiger partial charge in [0, 0.05) is 47.4 Å². The molecule has 2 aromatic heterocycles. The summed E-state index contributed by atoms with van der Waals surface area (Å²) in [7, 11) is 0. The Hall–Kier alpha value is -3.95. The topological polar surface area (TPSA) is 70.0 Å². The largest absolute Gasteiger partial charge is 0.418 e. The van der Waals surface area contributed by atoms with Gasteiger partial charge in [0.25, 0.3) is 5.56 Å². The van der Waals surface area contributed by atoms with Crippen LogP contribution in [0.15, 0.2) is 53.5 Å². The fraction of sp³-hybridized carbons (Fsp3) is 0.167. The van der Waals surface area contributed by atoms with Gasteiger partial charge in [-0.2, -0.15) is 13.2 Å². The third-order valence-corrected chi connectivity index (χ3v) is 6.01. The number of alkyl halides is 3. The first kappa shape index (κ1) is 21.9. The summed E-state index contributed by atoms with van der Waals surface area (Å²) in [5, 5.41) is 0.304. The van der Waals surface area contributed by atoms with Crippen LogP contribution >= 0.6 is 0 Å². The minimum absolute atomic E-state index is 0.0454. The van der Waals surface area contributed by atoms with Crippen molar-refractivity contribution in [3.63, 3.8) is 0 Å². The van der Waals surface area contributed by atoms with Crippen molar-refractivity contribution in [2.45, 2.75) is 25.7 Å². The molecule has 3 heterocycles. The summed E-state index contributed by atoms with van der Waals surface area (Å²) in [6, 6.07) is 7.78. The lowest BCUT2D eigenvalue weighted by Gasteiger charge is -2.22. The molecule has 0 atom stereocenters. The average Bonchev–Trinajstić information content (AvgIpc) is 3.14. The van der Waals surface area contributed by atoms with E-state index in [1.807, 2.05) is 0 Å². The first-order chi connectivity index (χ1) is 16.1. The molecular weight excluding hydrogens is 457 g/mol. The number of hydrogen-bond acceptors (Lipinski definition) is 3. The van der Waals surface area contributed by atoms with Crippen molar-refractivity contribution >= 4 is 22.4 Å². The number of benzene rings is 2. The molecule has 0 aliphatic carbocycles. The van der Waals surface area contributed by atoms with Crippen LogP contribution in [0.25, 0.3) is 22.2 Å². The molecule has 0 saturated carbocycles. The SMILES string of the molecule is Nc1c(F)cc(C(=O)c2cn3c4c(cccc24)-c2c(C(F)(F)F)ccc(=O)n2CCC3)cc1F. The molecule has 5 rings (SSSR count). The summed E-state index contributed by atoms with van der Waals surface area (Å²) in [4.78, 5) is 25.7. The van der Waals surface area contributed by atoms with E-state index < -0.39 is 40.4 Å². The minimum atomic E-state index is -4.72. The quantitative estimate of drug-likeness (QED) is 0.254. The second-order valence-corrected chi connectivity index (χ2v) is 8.06. The zero-order valence-corrected chi connectivity index (χ0v) is 17.4. The predicted molar refractivity (Wildman–Crippen MR) is 115 cm³/mol. The highest BCUT2D eigenvalue weighted by molar-refractivity contribution is 6.18. The predicted octanol–water partition coefficient (Wildman–Crippen LogP) is 4.98. The van der Waals surface area contributed by atoms with Gasteiger partial charge in [-0.25, -0.2) is 8.78 Å². The van der Waals surface area contributed by atoms with Gasteiger partial charge in [-0.15, -0.1) is 0 Å². The van der Waals surface area contributed by atoms with Crippen LogP contribution in [0.3, 0.4) is 0 Å². The van der Waals surface area contributed by atoms with E-state index in [1.54, 1.807) is 10.6 Å². The van der Waals surface area contributed by atoms with E-state index in [0.717, 1.165) is 28.8 Å². The third kappa shape index (κ3) is 3.28. The smallest absolute Gasteiger partial charge is 0.394 e. The van der Waals surface area contributed by atoms with Gasteiger partial charge in [-0.1, -0.05) is 18.2 Å². The number of fused-ring (bicyclic) bond motifs is 2. The molecule has 1 aliphatic rings. The molecule has 5 nitrogen and oxygen atoms in total. The van der Waals surface area contributed by atoms with Crippen molar-refractivity contribution in [3.8, 4) is 11.3 Å². The lowest BCUT2D eigenvalue weighted by molar-refractivity contribution is -0.137. The molecule has 0 amide bonds. The van der Waals surface area contributed by atoms with E-state index in [1.165, 1.54) is 18.3 Å². The molecule has 2 N–H and O–H groups in total. The number of aromatic nitrogens is 2. The van der Waals surface area contributed by atoms with Gasteiger partial charge >= 0.3 is 6.18 Å². The fourth-order valence-corrected chi connectivity index (χ4v) is 4.50. The second-order valence-electron chi connectivity index (χ2n) is 8.06. The molecule has 0 unspecified atom stereocenters. The molecular formula is C24H16F5N3O2. The maximum Gasteiger partial charge on any atom is 0.418 e. The molecule has 0 saturated heterocycles. The number of halogens is 5. The van der Waals surface area contributed by atoms with E-state index in [0.29, 0.717) is 23.9 Å². The Bertz CT molecular complexity index is 1530. The molecule has 0 spiro atoms. The highest BCUT2D eigenvalue weighted by Gasteiger charge is 2.36. The van der Waals surface area contributed by atoms with E-state index >= 15 is 0 Å². The van der Waals surface area contributed by atoms with Crippen LogP contribution in [0, 0.1) is 11.6 Å². The van der Waals surface area contributed by atoms with Crippen LogP contribution in [0.1, 0.15) is 27.9 Å². The Morgan fingerprint density at radius 2 is 1.71 bits per heavy atom. The van der Waals surface area contributed by atoms with Crippen molar-refractivity contribution in [3.05, 3.63) is 87.3 Å². The van der Waals surface area contributed by atoms with Gasteiger partial charge in [0.1, 0.15) is 17.3 Å². The molecule has 0 radical (unpaired) electrons. The summed E-state index contributed by atoms with van der Waals surface area (Å²) in [5.74, 6) is -2.89. The standard InChI is InChI=1S/C24H16F5N3O2/c25-17-9-12(10-18(26)20(17)30)23(34)15-11-31-7-2-8-32-19(33)6-5-16(24(27,28)29)22(32)14-4-1-3-13(15)21(14)31/h1,3-6,9-11H,2,7-8,30H2. The van der Waals surface area contributed by atoms with Gasteiger partial charge in [0.15, 0.2) is 5.78 Å². The van der Waals surface area contributed by atoms with Crippen molar-refractivity contribution in [2.75, 3.05) is 5.73 Å². The highest BCUT2D eigenvalue weighted by Crippen LogP contribution is 2.41. The summed E-state index contributed by atoms with van der Waals surface area (Å²) >= 11 is 0. The Morgan fingerprint density at radius 1 is 1.00 bits per heavy atom. The number of carbonyl (C=O) groups is 1. The number of pyridine rings is 1. The number of aryl methyl sites for hydroxylation is 1. The van der Waals surface area contributed by atoms with Gasteiger partial charge in [0.05, 0.1) is 16.8 Å². The van der Waals surface area contributed by atoms with Gasteiger partial charge in [-0.05, 0) is 24.6 Å². The van der Waals surface area contributed by atoms with Crippen molar-refractivity contribution in [2.24, 2.45) is 0 Å². The van der Waals surface area contributed by atoms with E-state index in [-0.39, 0.29) is 28.9 Å². The number of rotatable bonds is 2. The van der Waals surface area contributed by atoms with E-state index in [2.05, 4.69) is 0 Å². The van der Waals surface area contributed by atoms with Crippen LogP contribution in [0.2, 0.25) is 0 Å². The monoisotopic (exact) mass is 473 g/mol. The van der Waals surface area contributed by atoms with E-state index in [4.69, 9.17) is 5.73 Å². The average molecular weight is 473 g/mol. The number of para-hydroxylation sites is 1. The number of nitrogens with zero attached hydrogens (tertiary/aromatic N) is 2. The van der Waals surface area contributed by atoms with Crippen LogP contribution in [-0.2, 0) is 19.3 Å². The number of anilines is 1. The van der Waals surface area contributed by atoms with Crippen molar-refractivity contribution < 1.29 is 26.7 Å². The zero-order valence-electron chi connectivity index (χ0n) is 17.4. The maximum atomic E-state index is 14.0. The summed E-state index contributed by atoms with van der Waals surface area (Å²) in [6.45, 7) is 0.358. The normalized spacial score (nSPS) is 13.4. The van der Waals surface area contributed by atoms with Gasteiger partial charge in [0.2, 0.25) is 0 Å². The third-order valence-electron chi connectivity index (χ3n) is 6.01. The van der Waals surface area contributed by atoms with Gasteiger partial charge in [-0.3, -0.25) is 9.59 Å². The summed E-state index contributed by atoms with van der Waals surface area (Å²) < 4.78 is 72.4. The Balaban J connectivity index is 1.80. The van der Waals surface area contributed by atoms with Gasteiger partial charge < -0.3 is 14.9 Å². The molecule has 0 bridgehead atoms. The molecule has 1 aliphatic heterocycles. The summed E-state index contributed by atoms with van der Waals surface area (Å²) in [6.07, 6.45) is -2.93. The lowest BCUT2D eigenvalue weighted by atomic mass is 9.97. The number of nitrogen functional groups attached to an aromatic ring is 1. The minimum Gasteiger partial charge on any atom is -0.394 e. The Kier molecular flexibility index (Phi) is 4.85. The first-order valence-electron chi connectivity index (χ1n) is 10.3. The molecule has 4 aromatic rings. The van der Waals surface area contributed by atoms with Crippen LogP contribution in [0.4, 0.5) is 27.6 Å². The second kappa shape index (κ2) is 7.54. The maximum absolute atomic E-state index is 14.0. The van der Waals surface area contributed by atoms with Crippen molar-refractivity contribution in [1.29, 1.82) is 0 Å². The van der Waals surface area contributed by atoms with Crippen LogP contribution in [-0.4, -0.2) is 14.9 Å². The van der Waals surface area contributed by atoms with Crippen LogP contribution < -0.4 is 11.3 Å². The molecule has 34 heavy (non-hydrogen) atoms. The Morgan fingerprint density at radius 3 is 2.38 bits per heavy atom. The van der Waals surface area contributed by atoms with Crippen molar-refractivity contribution in [1.82, 2.24) is 9.13 Å². The number of carbonyl (C=O) groups excluding carboxylic acids is 1. The number of nitrogens with two attached hydrogens (primary N) is 1. The fourth-order valence-electron chi connectivity index (χ4n) is 4.50.